The quantitative estimate of drug-likeness (QED) is 0.642. The minimum absolute atomic E-state index is 0.252. The topological polar surface area (TPSA) is 77.8 Å². The molecule has 2 N–H and O–H groups in total. The molecule has 0 radical (unpaired) electrons. The lowest BCUT2D eigenvalue weighted by atomic mass is 10.2. The van der Waals surface area contributed by atoms with Gasteiger partial charge in [0.05, 0.1) is 25.7 Å². The Bertz CT molecular complexity index is 481. The molecule has 6 heteroatoms. The van der Waals surface area contributed by atoms with E-state index >= 15 is 0 Å². The highest BCUT2D eigenvalue weighted by molar-refractivity contribution is 5.28. The number of aliphatic hydroxyl groups is 1. The summed E-state index contributed by atoms with van der Waals surface area (Å²) in [6.07, 6.45) is -0.144. The van der Waals surface area contributed by atoms with Crippen LogP contribution in [-0.4, -0.2) is 68.7 Å². The number of aliphatic hydroxyl groups excluding tert-OH is 1. The maximum atomic E-state index is 9.92. The number of nitrogens with zero attached hydrogens (tertiary/aromatic N) is 2. The second-order valence-electron chi connectivity index (χ2n) is 5.60. The van der Waals surface area contributed by atoms with Crippen molar-refractivity contribution in [3.63, 3.8) is 0 Å². The number of ether oxygens (including phenoxy) is 2. The van der Waals surface area contributed by atoms with E-state index in [2.05, 4.69) is 16.3 Å². The Morgan fingerprint density at radius 3 is 2.74 bits per heavy atom. The van der Waals surface area contributed by atoms with E-state index in [1.165, 1.54) is 0 Å². The highest BCUT2D eigenvalue weighted by Crippen LogP contribution is 2.12. The Labute approximate surface area is 137 Å². The molecular formula is C17H25N3O3. The summed E-state index contributed by atoms with van der Waals surface area (Å²) in [5.41, 5.74) is 0.963. The van der Waals surface area contributed by atoms with Crippen LogP contribution in [-0.2, 0) is 11.2 Å². The molecule has 0 spiro atoms. The summed E-state index contributed by atoms with van der Waals surface area (Å²) in [7, 11) is 0. The summed E-state index contributed by atoms with van der Waals surface area (Å²) in [6.45, 7) is 6.16. The molecule has 23 heavy (non-hydrogen) atoms. The molecule has 1 aliphatic rings. The van der Waals surface area contributed by atoms with Gasteiger partial charge in [0, 0.05) is 32.7 Å². The van der Waals surface area contributed by atoms with Gasteiger partial charge in [-0.2, -0.15) is 5.26 Å². The zero-order valence-corrected chi connectivity index (χ0v) is 13.4. The number of nitriles is 1. The van der Waals surface area contributed by atoms with Crippen LogP contribution in [0.3, 0.4) is 0 Å². The average molecular weight is 319 g/mol. The van der Waals surface area contributed by atoms with Crippen molar-refractivity contribution in [1.82, 2.24) is 10.2 Å². The van der Waals surface area contributed by atoms with Gasteiger partial charge in [-0.25, -0.2) is 0 Å². The number of nitrogens with one attached hydrogen (secondary N) is 1. The highest BCUT2D eigenvalue weighted by atomic mass is 16.5. The molecule has 1 aliphatic heterocycles. The lowest BCUT2D eigenvalue weighted by Gasteiger charge is -2.26. The molecule has 0 amide bonds. The SMILES string of the molecule is N#CCc1ccc(OC[C@@H](O)CNCCN2CCOCC2)cc1. The number of hydrogen-bond acceptors (Lipinski definition) is 6. The van der Waals surface area contributed by atoms with Crippen LogP contribution in [0, 0.1) is 11.3 Å². The Morgan fingerprint density at radius 1 is 1.30 bits per heavy atom. The molecular weight excluding hydrogens is 294 g/mol. The Kier molecular flexibility index (Phi) is 7.84. The predicted octanol–water partition coefficient (Wildman–Crippen LogP) is 0.414. The highest BCUT2D eigenvalue weighted by Gasteiger charge is 2.10. The van der Waals surface area contributed by atoms with Crippen molar-refractivity contribution < 1.29 is 14.6 Å². The zero-order valence-electron chi connectivity index (χ0n) is 13.4. The Morgan fingerprint density at radius 2 is 2.04 bits per heavy atom. The molecule has 1 atom stereocenters. The second-order valence-corrected chi connectivity index (χ2v) is 5.60. The number of rotatable bonds is 9. The minimum atomic E-state index is -0.543. The third kappa shape index (κ3) is 6.97. The van der Waals surface area contributed by atoms with Crippen LogP contribution >= 0.6 is 0 Å². The fourth-order valence-corrected chi connectivity index (χ4v) is 2.38. The number of benzene rings is 1. The van der Waals surface area contributed by atoms with E-state index in [-0.39, 0.29) is 6.61 Å². The lowest BCUT2D eigenvalue weighted by Crippen LogP contribution is -2.41. The van der Waals surface area contributed by atoms with Crippen molar-refractivity contribution in [3.8, 4) is 11.8 Å². The van der Waals surface area contributed by atoms with E-state index in [1.54, 1.807) is 0 Å². The first-order valence-corrected chi connectivity index (χ1v) is 8.05. The largest absolute Gasteiger partial charge is 0.491 e. The van der Waals surface area contributed by atoms with E-state index in [0.29, 0.717) is 18.7 Å². The number of morpholine rings is 1. The third-order valence-electron chi connectivity index (χ3n) is 3.74. The van der Waals surface area contributed by atoms with Gasteiger partial charge in [0.1, 0.15) is 18.5 Å². The van der Waals surface area contributed by atoms with Gasteiger partial charge in [0.25, 0.3) is 0 Å². The number of hydrogen-bond donors (Lipinski definition) is 2. The van der Waals surface area contributed by atoms with Crippen LogP contribution in [0.5, 0.6) is 5.75 Å². The van der Waals surface area contributed by atoms with Crippen molar-refractivity contribution in [1.29, 1.82) is 5.26 Å². The first-order valence-electron chi connectivity index (χ1n) is 8.05. The summed E-state index contributed by atoms with van der Waals surface area (Å²) in [4.78, 5) is 2.35. The Balaban J connectivity index is 1.55. The first-order chi connectivity index (χ1) is 11.3. The summed E-state index contributed by atoms with van der Waals surface area (Å²) < 4.78 is 10.9. The molecule has 1 aromatic carbocycles. The maximum Gasteiger partial charge on any atom is 0.119 e. The molecule has 0 aromatic heterocycles. The lowest BCUT2D eigenvalue weighted by molar-refractivity contribution is 0.0376. The summed E-state index contributed by atoms with van der Waals surface area (Å²) >= 11 is 0. The molecule has 2 rings (SSSR count). The molecule has 1 heterocycles. The van der Waals surface area contributed by atoms with Crippen LogP contribution < -0.4 is 10.1 Å². The van der Waals surface area contributed by atoms with E-state index < -0.39 is 6.10 Å². The van der Waals surface area contributed by atoms with Gasteiger partial charge in [0.15, 0.2) is 0 Å². The second kappa shape index (κ2) is 10.2. The fraction of sp³-hybridized carbons (Fsp3) is 0.588. The van der Waals surface area contributed by atoms with E-state index in [1.807, 2.05) is 24.3 Å². The minimum Gasteiger partial charge on any atom is -0.491 e. The van der Waals surface area contributed by atoms with Crippen LogP contribution in [0.2, 0.25) is 0 Å². The van der Waals surface area contributed by atoms with Gasteiger partial charge in [-0.1, -0.05) is 12.1 Å². The normalized spacial score (nSPS) is 16.7. The molecule has 1 saturated heterocycles. The molecule has 1 aromatic rings. The average Bonchev–Trinajstić information content (AvgIpc) is 2.59. The molecule has 0 unspecified atom stereocenters. The zero-order chi connectivity index (χ0) is 16.3. The van der Waals surface area contributed by atoms with Gasteiger partial charge in [-0.15, -0.1) is 0 Å². The standard InChI is InChI=1S/C17H25N3O3/c18-6-5-15-1-3-17(4-2-15)23-14-16(21)13-19-7-8-20-9-11-22-12-10-20/h1-4,16,19,21H,5,7-14H2/t16-/m0/s1. The van der Waals surface area contributed by atoms with Crippen LogP contribution in [0.1, 0.15) is 5.56 Å². The van der Waals surface area contributed by atoms with Crippen LogP contribution in [0.25, 0.3) is 0 Å². The summed E-state index contributed by atoms with van der Waals surface area (Å²) in [6, 6.07) is 9.49. The fourth-order valence-electron chi connectivity index (χ4n) is 2.38. The molecule has 0 saturated carbocycles. The molecule has 0 bridgehead atoms. The van der Waals surface area contributed by atoms with Gasteiger partial charge in [0.2, 0.25) is 0 Å². The molecule has 0 aliphatic carbocycles. The molecule has 126 valence electrons. The van der Waals surface area contributed by atoms with Gasteiger partial charge in [-0.05, 0) is 17.7 Å². The maximum absolute atomic E-state index is 9.92. The van der Waals surface area contributed by atoms with E-state index in [4.69, 9.17) is 14.7 Å². The third-order valence-corrected chi connectivity index (χ3v) is 3.74. The van der Waals surface area contributed by atoms with Crippen molar-refractivity contribution in [2.24, 2.45) is 0 Å². The van der Waals surface area contributed by atoms with Gasteiger partial charge in [-0.3, -0.25) is 4.90 Å². The van der Waals surface area contributed by atoms with Gasteiger partial charge < -0.3 is 19.9 Å². The van der Waals surface area contributed by atoms with E-state index in [9.17, 15) is 5.11 Å². The van der Waals surface area contributed by atoms with Crippen molar-refractivity contribution in [2.75, 3.05) is 52.5 Å². The van der Waals surface area contributed by atoms with E-state index in [0.717, 1.165) is 45.0 Å². The van der Waals surface area contributed by atoms with Crippen molar-refractivity contribution in [2.45, 2.75) is 12.5 Å². The smallest absolute Gasteiger partial charge is 0.119 e. The monoisotopic (exact) mass is 319 g/mol. The van der Waals surface area contributed by atoms with Crippen LogP contribution in [0.15, 0.2) is 24.3 Å². The van der Waals surface area contributed by atoms with Gasteiger partial charge >= 0.3 is 0 Å². The van der Waals surface area contributed by atoms with Crippen LogP contribution in [0.4, 0.5) is 0 Å². The molecule has 6 nitrogen and oxygen atoms in total. The first kappa shape index (κ1) is 17.7. The van der Waals surface area contributed by atoms with Crippen molar-refractivity contribution >= 4 is 0 Å². The Hall–Kier alpha value is -1.65. The summed E-state index contributed by atoms with van der Waals surface area (Å²) in [5, 5.41) is 21.8. The molecule has 1 fully saturated rings. The van der Waals surface area contributed by atoms with Crippen molar-refractivity contribution in [3.05, 3.63) is 29.8 Å². The summed E-state index contributed by atoms with van der Waals surface area (Å²) in [5.74, 6) is 0.707. The predicted molar refractivity (Wildman–Crippen MR) is 87.4 cm³/mol.